The van der Waals surface area contributed by atoms with Gasteiger partial charge >= 0.3 is 0 Å². The first kappa shape index (κ1) is 14.1. The van der Waals surface area contributed by atoms with Gasteiger partial charge in [-0.05, 0) is 32.9 Å². The molecule has 1 aliphatic rings. The molecule has 0 bridgehead atoms. The van der Waals surface area contributed by atoms with Crippen LogP contribution >= 0.6 is 0 Å². The van der Waals surface area contributed by atoms with Crippen molar-refractivity contribution in [2.24, 2.45) is 0 Å². The van der Waals surface area contributed by atoms with Crippen LogP contribution < -0.4 is 0 Å². The van der Waals surface area contributed by atoms with Gasteiger partial charge in [-0.15, -0.1) is 0 Å². The molecule has 0 saturated carbocycles. The van der Waals surface area contributed by atoms with Gasteiger partial charge in [-0.2, -0.15) is 0 Å². The Labute approximate surface area is 113 Å². The summed E-state index contributed by atoms with van der Waals surface area (Å²) in [5, 5.41) is 9.21. The zero-order chi connectivity index (χ0) is 14.0. The molecule has 0 aliphatic carbocycles. The molecular weight excluding hydrogens is 244 g/mol. The molecule has 1 amide bonds. The van der Waals surface area contributed by atoms with Crippen molar-refractivity contribution < 1.29 is 14.6 Å². The van der Waals surface area contributed by atoms with Crippen LogP contribution in [0.5, 0.6) is 0 Å². The van der Waals surface area contributed by atoms with E-state index in [-0.39, 0.29) is 30.8 Å². The fourth-order valence-electron chi connectivity index (χ4n) is 2.50. The Morgan fingerprint density at radius 1 is 1.53 bits per heavy atom. The van der Waals surface area contributed by atoms with Crippen LogP contribution in [0.3, 0.4) is 0 Å². The molecule has 1 saturated heterocycles. The molecule has 106 valence electrons. The van der Waals surface area contributed by atoms with E-state index in [1.54, 1.807) is 4.90 Å². The summed E-state index contributed by atoms with van der Waals surface area (Å²) in [4.78, 5) is 14.3. The van der Waals surface area contributed by atoms with E-state index in [9.17, 15) is 9.90 Å². The van der Waals surface area contributed by atoms with Gasteiger partial charge in [0.1, 0.15) is 5.69 Å². The molecule has 2 atom stereocenters. The van der Waals surface area contributed by atoms with Gasteiger partial charge in [0, 0.05) is 25.3 Å². The summed E-state index contributed by atoms with van der Waals surface area (Å²) in [6.07, 6.45) is 1.60. The van der Waals surface area contributed by atoms with Gasteiger partial charge in [0.2, 0.25) is 0 Å². The largest absolute Gasteiger partial charge is 0.394 e. The summed E-state index contributed by atoms with van der Waals surface area (Å²) in [5.74, 6) is 0.00676. The quantitative estimate of drug-likeness (QED) is 0.897. The average Bonchev–Trinajstić information content (AvgIpc) is 2.86. The van der Waals surface area contributed by atoms with Crippen LogP contribution in [-0.2, 0) is 4.74 Å². The lowest BCUT2D eigenvalue weighted by Crippen LogP contribution is -2.50. The van der Waals surface area contributed by atoms with E-state index in [0.717, 1.165) is 0 Å². The molecule has 2 heterocycles. The van der Waals surface area contributed by atoms with Crippen molar-refractivity contribution in [3.63, 3.8) is 0 Å². The lowest BCUT2D eigenvalue weighted by Gasteiger charge is -2.36. The third-order valence-electron chi connectivity index (χ3n) is 3.37. The van der Waals surface area contributed by atoms with Crippen molar-refractivity contribution >= 4 is 5.91 Å². The van der Waals surface area contributed by atoms with Gasteiger partial charge in [0.25, 0.3) is 5.91 Å². The summed E-state index contributed by atoms with van der Waals surface area (Å²) < 4.78 is 7.53. The van der Waals surface area contributed by atoms with Gasteiger partial charge in [-0.25, -0.2) is 0 Å². The van der Waals surface area contributed by atoms with Crippen molar-refractivity contribution in [2.75, 3.05) is 19.7 Å². The summed E-state index contributed by atoms with van der Waals surface area (Å²) in [6.45, 7) is 6.98. The highest BCUT2D eigenvalue weighted by Gasteiger charge is 2.29. The second-order valence-corrected chi connectivity index (χ2v) is 5.36. The van der Waals surface area contributed by atoms with E-state index >= 15 is 0 Å². The number of carbonyl (C=O) groups is 1. The Kier molecular flexibility index (Phi) is 4.27. The molecule has 0 aromatic carbocycles. The van der Waals surface area contributed by atoms with Crippen molar-refractivity contribution in [1.82, 2.24) is 9.47 Å². The molecule has 0 spiro atoms. The standard InChI is InChI=1S/C14H22N2O3/c1-10(2)16-6-4-5-13(16)14(18)15-7-11(3)19-12(8-15)9-17/h4-6,10-12,17H,7-9H2,1-3H3. The monoisotopic (exact) mass is 266 g/mol. The van der Waals surface area contributed by atoms with Crippen LogP contribution in [0.1, 0.15) is 37.3 Å². The number of carbonyl (C=O) groups excluding carboxylic acids is 1. The van der Waals surface area contributed by atoms with Crippen molar-refractivity contribution in [2.45, 2.75) is 39.0 Å². The summed E-state index contributed by atoms with van der Waals surface area (Å²) >= 11 is 0. The van der Waals surface area contributed by atoms with E-state index in [1.165, 1.54) is 0 Å². The number of morpholine rings is 1. The van der Waals surface area contributed by atoms with Crippen LogP contribution in [0.4, 0.5) is 0 Å². The number of hydrogen-bond donors (Lipinski definition) is 1. The number of nitrogens with zero attached hydrogens (tertiary/aromatic N) is 2. The average molecular weight is 266 g/mol. The molecule has 1 aromatic heterocycles. The number of aromatic nitrogens is 1. The minimum absolute atomic E-state index is 0.00676. The fourth-order valence-corrected chi connectivity index (χ4v) is 2.50. The van der Waals surface area contributed by atoms with Gasteiger partial charge < -0.3 is 19.3 Å². The van der Waals surface area contributed by atoms with Crippen molar-refractivity contribution in [3.05, 3.63) is 24.0 Å². The van der Waals surface area contributed by atoms with E-state index in [0.29, 0.717) is 18.8 Å². The summed E-state index contributed by atoms with van der Waals surface area (Å²) in [6, 6.07) is 3.98. The number of aliphatic hydroxyl groups excluding tert-OH is 1. The summed E-state index contributed by atoms with van der Waals surface area (Å²) in [7, 11) is 0. The maximum atomic E-state index is 12.6. The highest BCUT2D eigenvalue weighted by atomic mass is 16.5. The van der Waals surface area contributed by atoms with Crippen LogP contribution in [0.25, 0.3) is 0 Å². The minimum Gasteiger partial charge on any atom is -0.394 e. The molecule has 5 nitrogen and oxygen atoms in total. The molecule has 2 unspecified atom stereocenters. The van der Waals surface area contributed by atoms with E-state index in [2.05, 4.69) is 13.8 Å². The highest BCUT2D eigenvalue weighted by molar-refractivity contribution is 5.93. The molecular formula is C14H22N2O3. The van der Waals surface area contributed by atoms with E-state index < -0.39 is 0 Å². The molecule has 0 radical (unpaired) electrons. The normalized spacial score (nSPS) is 23.9. The molecule has 1 N–H and O–H groups in total. The Bertz CT molecular complexity index is 442. The lowest BCUT2D eigenvalue weighted by molar-refractivity contribution is -0.0860. The van der Waals surface area contributed by atoms with Crippen LogP contribution in [-0.4, -0.2) is 52.4 Å². The van der Waals surface area contributed by atoms with Gasteiger partial charge in [-0.3, -0.25) is 4.79 Å². The van der Waals surface area contributed by atoms with Gasteiger partial charge in [0.05, 0.1) is 18.8 Å². The third kappa shape index (κ3) is 2.98. The lowest BCUT2D eigenvalue weighted by atomic mass is 10.2. The van der Waals surface area contributed by atoms with Gasteiger partial charge in [-0.1, -0.05) is 0 Å². The second kappa shape index (κ2) is 5.75. The first-order valence-electron chi connectivity index (χ1n) is 6.75. The zero-order valence-corrected chi connectivity index (χ0v) is 11.7. The number of rotatable bonds is 3. The van der Waals surface area contributed by atoms with Crippen LogP contribution in [0.2, 0.25) is 0 Å². The predicted octanol–water partition coefficient (Wildman–Crippen LogP) is 1.29. The fraction of sp³-hybridized carbons (Fsp3) is 0.643. The first-order valence-corrected chi connectivity index (χ1v) is 6.75. The molecule has 19 heavy (non-hydrogen) atoms. The molecule has 5 heteroatoms. The van der Waals surface area contributed by atoms with Crippen LogP contribution in [0, 0.1) is 0 Å². The smallest absolute Gasteiger partial charge is 0.270 e. The Hall–Kier alpha value is -1.33. The maximum absolute atomic E-state index is 12.6. The summed E-state index contributed by atoms with van der Waals surface area (Å²) in [5.41, 5.74) is 0.695. The molecule has 1 fully saturated rings. The highest BCUT2D eigenvalue weighted by Crippen LogP contribution is 2.17. The number of hydrogen-bond acceptors (Lipinski definition) is 3. The number of ether oxygens (including phenoxy) is 1. The maximum Gasteiger partial charge on any atom is 0.270 e. The minimum atomic E-state index is -0.282. The molecule has 1 aromatic rings. The van der Waals surface area contributed by atoms with Crippen molar-refractivity contribution in [3.8, 4) is 0 Å². The topological polar surface area (TPSA) is 54.7 Å². The van der Waals surface area contributed by atoms with E-state index in [4.69, 9.17) is 4.74 Å². The van der Waals surface area contributed by atoms with Crippen LogP contribution in [0.15, 0.2) is 18.3 Å². The Morgan fingerprint density at radius 3 is 2.89 bits per heavy atom. The first-order chi connectivity index (χ1) is 9.02. The third-order valence-corrected chi connectivity index (χ3v) is 3.37. The Morgan fingerprint density at radius 2 is 2.26 bits per heavy atom. The van der Waals surface area contributed by atoms with Gasteiger partial charge in [0.15, 0.2) is 0 Å². The number of aliphatic hydroxyl groups is 1. The van der Waals surface area contributed by atoms with Crippen molar-refractivity contribution in [1.29, 1.82) is 0 Å². The zero-order valence-electron chi connectivity index (χ0n) is 11.7. The molecule has 2 rings (SSSR count). The molecule has 1 aliphatic heterocycles. The second-order valence-electron chi connectivity index (χ2n) is 5.36. The predicted molar refractivity (Wildman–Crippen MR) is 72.1 cm³/mol. The number of amides is 1. The SMILES string of the molecule is CC1CN(C(=O)c2cccn2C(C)C)CC(CO)O1. The van der Waals surface area contributed by atoms with E-state index in [1.807, 2.05) is 29.8 Å². The Balaban J connectivity index is 2.16.